The van der Waals surface area contributed by atoms with Gasteiger partial charge in [0.05, 0.1) is 11.6 Å². The molecular formula is C17H20N2O. The van der Waals surface area contributed by atoms with Crippen LogP contribution in [0.1, 0.15) is 42.8 Å². The minimum absolute atomic E-state index is 0.331. The molecule has 1 N–H and O–H groups in total. The topological polar surface area (TPSA) is 28.4 Å². The Morgan fingerprint density at radius 1 is 1.15 bits per heavy atom. The van der Waals surface area contributed by atoms with E-state index in [-0.39, 0.29) is 6.23 Å². The highest BCUT2D eigenvalue weighted by Gasteiger charge is 2.44. The molecular weight excluding hydrogens is 248 g/mol. The first kappa shape index (κ1) is 11.4. The molecule has 1 aromatic heterocycles. The van der Waals surface area contributed by atoms with E-state index in [0.717, 1.165) is 12.8 Å². The summed E-state index contributed by atoms with van der Waals surface area (Å²) >= 11 is 0. The summed E-state index contributed by atoms with van der Waals surface area (Å²) in [7, 11) is 0. The number of rotatable bonds is 0. The number of hydrogen-bond donors (Lipinski definition) is 1. The quantitative estimate of drug-likeness (QED) is 0.796. The lowest BCUT2D eigenvalue weighted by Gasteiger charge is -2.48. The fourth-order valence-corrected chi connectivity index (χ4v) is 4.93. The average Bonchev–Trinajstić information content (AvgIpc) is 2.82. The van der Waals surface area contributed by atoms with Crippen LogP contribution in [-0.4, -0.2) is 27.7 Å². The molecule has 5 rings (SSSR count). The molecule has 3 nitrogen and oxygen atoms in total. The maximum absolute atomic E-state index is 10.7. The Morgan fingerprint density at radius 3 is 3.00 bits per heavy atom. The number of para-hydroxylation sites is 1. The molecule has 104 valence electrons. The lowest BCUT2D eigenvalue weighted by atomic mass is 9.78. The van der Waals surface area contributed by atoms with Crippen molar-refractivity contribution >= 4 is 10.9 Å². The Bertz CT molecular complexity index is 690. The van der Waals surface area contributed by atoms with Gasteiger partial charge in [0.15, 0.2) is 0 Å². The number of aliphatic hydroxyl groups is 1. The zero-order valence-electron chi connectivity index (χ0n) is 11.6. The van der Waals surface area contributed by atoms with Gasteiger partial charge in [0, 0.05) is 17.6 Å². The molecule has 0 amide bonds. The largest absolute Gasteiger partial charge is 0.373 e. The van der Waals surface area contributed by atoms with Gasteiger partial charge in [-0.15, -0.1) is 0 Å². The molecule has 20 heavy (non-hydrogen) atoms. The summed E-state index contributed by atoms with van der Waals surface area (Å²) < 4.78 is 2.24. The molecule has 0 saturated carbocycles. The van der Waals surface area contributed by atoms with Crippen LogP contribution in [0.15, 0.2) is 24.3 Å². The molecule has 1 fully saturated rings. The predicted molar refractivity (Wildman–Crippen MR) is 78.6 cm³/mol. The van der Waals surface area contributed by atoms with Gasteiger partial charge in [-0.2, -0.15) is 0 Å². The van der Waals surface area contributed by atoms with Crippen molar-refractivity contribution in [3.05, 3.63) is 35.5 Å². The Morgan fingerprint density at radius 2 is 2.05 bits per heavy atom. The summed E-state index contributed by atoms with van der Waals surface area (Å²) in [6.45, 7) is 2.43. The van der Waals surface area contributed by atoms with Crippen molar-refractivity contribution in [2.45, 2.75) is 38.0 Å². The van der Waals surface area contributed by atoms with Crippen LogP contribution in [0.2, 0.25) is 0 Å². The Kier molecular flexibility index (Phi) is 2.19. The second kappa shape index (κ2) is 3.86. The van der Waals surface area contributed by atoms with E-state index in [1.54, 1.807) is 0 Å². The van der Waals surface area contributed by atoms with Crippen LogP contribution in [0.25, 0.3) is 10.9 Å². The number of piperidine rings is 1. The van der Waals surface area contributed by atoms with Crippen molar-refractivity contribution in [1.82, 2.24) is 9.47 Å². The smallest absolute Gasteiger partial charge is 0.131 e. The zero-order valence-corrected chi connectivity index (χ0v) is 11.6. The highest BCUT2D eigenvalue weighted by Crippen LogP contribution is 2.50. The van der Waals surface area contributed by atoms with Gasteiger partial charge in [-0.05, 0) is 49.8 Å². The molecule has 0 radical (unpaired) electrons. The van der Waals surface area contributed by atoms with Gasteiger partial charge in [0.1, 0.15) is 6.23 Å². The van der Waals surface area contributed by atoms with Gasteiger partial charge in [0.2, 0.25) is 0 Å². The van der Waals surface area contributed by atoms with E-state index in [0.29, 0.717) is 12.0 Å². The van der Waals surface area contributed by atoms with E-state index in [1.165, 1.54) is 48.1 Å². The van der Waals surface area contributed by atoms with Gasteiger partial charge in [0.25, 0.3) is 0 Å². The average molecular weight is 268 g/mol. The third-order valence-electron chi connectivity index (χ3n) is 5.66. The van der Waals surface area contributed by atoms with Crippen LogP contribution >= 0.6 is 0 Å². The van der Waals surface area contributed by atoms with E-state index in [4.69, 9.17) is 0 Å². The number of aromatic nitrogens is 1. The van der Waals surface area contributed by atoms with Crippen LogP contribution in [0.4, 0.5) is 0 Å². The summed E-state index contributed by atoms with van der Waals surface area (Å²) in [5.74, 6) is 0.648. The van der Waals surface area contributed by atoms with E-state index in [9.17, 15) is 5.11 Å². The standard InChI is InChI=1S/C17H20N2O/c20-15-10-11-4-3-8-18-9-7-13-12-5-1-2-6-14(12)19(15)17(13)16(11)18/h1-2,5-6,11,15-16,20H,3-4,7-10H2/t11?,15-,16+/m0/s1. The summed E-state index contributed by atoms with van der Waals surface area (Å²) in [5, 5.41) is 12.0. The molecule has 3 aliphatic rings. The lowest BCUT2D eigenvalue weighted by Crippen LogP contribution is -2.47. The minimum Gasteiger partial charge on any atom is -0.373 e. The monoisotopic (exact) mass is 268 g/mol. The Hall–Kier alpha value is -1.32. The molecule has 2 aromatic rings. The molecule has 4 heterocycles. The van der Waals surface area contributed by atoms with Gasteiger partial charge in [-0.25, -0.2) is 0 Å². The number of hydrogen-bond acceptors (Lipinski definition) is 2. The molecule has 0 aliphatic carbocycles. The Balaban J connectivity index is 1.85. The van der Waals surface area contributed by atoms with Crippen LogP contribution in [0.3, 0.4) is 0 Å². The van der Waals surface area contributed by atoms with Gasteiger partial charge >= 0.3 is 0 Å². The number of fused-ring (bicyclic) bond motifs is 3. The zero-order chi connectivity index (χ0) is 13.3. The second-order valence-electron chi connectivity index (χ2n) is 6.60. The third kappa shape index (κ3) is 1.28. The summed E-state index contributed by atoms with van der Waals surface area (Å²) in [6, 6.07) is 9.18. The highest BCUT2D eigenvalue weighted by atomic mass is 16.3. The van der Waals surface area contributed by atoms with Gasteiger partial charge < -0.3 is 9.67 Å². The SMILES string of the molecule is O[C@H]1CC2CCCN3CCc4c(n1c1ccccc41)[C@@H]23. The molecule has 0 spiro atoms. The van der Waals surface area contributed by atoms with Crippen molar-refractivity contribution in [3.8, 4) is 0 Å². The van der Waals surface area contributed by atoms with E-state index in [1.807, 2.05) is 0 Å². The van der Waals surface area contributed by atoms with Gasteiger partial charge in [-0.1, -0.05) is 18.2 Å². The van der Waals surface area contributed by atoms with E-state index in [2.05, 4.69) is 33.7 Å². The first-order valence-corrected chi connectivity index (χ1v) is 7.88. The third-order valence-corrected chi connectivity index (χ3v) is 5.66. The summed E-state index contributed by atoms with van der Waals surface area (Å²) in [6.07, 6.45) is 4.30. The van der Waals surface area contributed by atoms with Crippen molar-refractivity contribution in [1.29, 1.82) is 0 Å². The van der Waals surface area contributed by atoms with Crippen LogP contribution in [0, 0.1) is 5.92 Å². The first-order chi connectivity index (χ1) is 9.84. The molecule has 3 atom stereocenters. The molecule has 3 heteroatoms. The molecule has 1 saturated heterocycles. The van der Waals surface area contributed by atoms with E-state index >= 15 is 0 Å². The summed E-state index contributed by atoms with van der Waals surface area (Å²) in [4.78, 5) is 2.66. The Labute approximate surface area is 118 Å². The van der Waals surface area contributed by atoms with Crippen LogP contribution in [0.5, 0.6) is 0 Å². The maximum atomic E-state index is 10.7. The normalized spacial score (nSPS) is 32.4. The fraction of sp³-hybridized carbons (Fsp3) is 0.529. The molecule has 1 unspecified atom stereocenters. The predicted octanol–water partition coefficient (Wildman–Crippen LogP) is 2.85. The number of nitrogens with zero attached hydrogens (tertiary/aromatic N) is 2. The lowest BCUT2D eigenvalue weighted by molar-refractivity contribution is -0.0148. The second-order valence-corrected chi connectivity index (χ2v) is 6.60. The van der Waals surface area contributed by atoms with Crippen molar-refractivity contribution < 1.29 is 5.11 Å². The molecule has 1 aromatic carbocycles. The summed E-state index contributed by atoms with van der Waals surface area (Å²) in [5.41, 5.74) is 4.17. The van der Waals surface area contributed by atoms with Crippen LogP contribution < -0.4 is 0 Å². The van der Waals surface area contributed by atoms with Gasteiger partial charge in [-0.3, -0.25) is 4.90 Å². The maximum Gasteiger partial charge on any atom is 0.131 e. The van der Waals surface area contributed by atoms with Crippen molar-refractivity contribution in [3.63, 3.8) is 0 Å². The fourth-order valence-electron chi connectivity index (χ4n) is 4.93. The van der Waals surface area contributed by atoms with Crippen molar-refractivity contribution in [2.75, 3.05) is 13.1 Å². The van der Waals surface area contributed by atoms with E-state index < -0.39 is 0 Å². The number of aliphatic hydroxyl groups excluding tert-OH is 1. The number of benzene rings is 1. The highest BCUT2D eigenvalue weighted by molar-refractivity contribution is 5.86. The first-order valence-electron chi connectivity index (χ1n) is 7.88. The molecule has 3 aliphatic heterocycles. The molecule has 0 bridgehead atoms. The minimum atomic E-state index is -0.331. The van der Waals surface area contributed by atoms with Crippen LogP contribution in [-0.2, 0) is 6.42 Å². The van der Waals surface area contributed by atoms with Crippen molar-refractivity contribution in [2.24, 2.45) is 5.92 Å².